The molecule has 2 atom stereocenters. The van der Waals surface area contributed by atoms with Gasteiger partial charge in [0.25, 0.3) is 0 Å². The van der Waals surface area contributed by atoms with Crippen LogP contribution in [0, 0.1) is 5.82 Å². The summed E-state index contributed by atoms with van der Waals surface area (Å²) in [4.78, 5) is 16.3. The van der Waals surface area contributed by atoms with Crippen LogP contribution < -0.4 is 0 Å². The summed E-state index contributed by atoms with van der Waals surface area (Å²) in [6.07, 6.45) is 2.50. The maximum atomic E-state index is 14.3. The van der Waals surface area contributed by atoms with E-state index in [1.54, 1.807) is 24.1 Å². The quantitative estimate of drug-likeness (QED) is 0.826. The highest BCUT2D eigenvalue weighted by Crippen LogP contribution is 2.39. The molecular weight excluding hydrogens is 307 g/mol. The molecule has 2 aliphatic rings. The maximum absolute atomic E-state index is 14.3. The molecule has 0 saturated carbocycles. The van der Waals surface area contributed by atoms with E-state index in [4.69, 9.17) is 4.74 Å². The number of likely N-dealkylation sites (tertiary alicyclic amines) is 1. The lowest BCUT2D eigenvalue weighted by Crippen LogP contribution is -2.42. The molecule has 0 N–H and O–H groups in total. The number of likely N-dealkylation sites (N-methyl/N-ethyl adjacent to an activating group) is 1. The van der Waals surface area contributed by atoms with E-state index in [0.29, 0.717) is 0 Å². The zero-order valence-electron chi connectivity index (χ0n) is 15.0. The highest BCUT2D eigenvalue weighted by Gasteiger charge is 2.37. The molecule has 0 aromatic heterocycles. The molecule has 1 fully saturated rings. The summed E-state index contributed by atoms with van der Waals surface area (Å²) in [6, 6.07) is 5.63. The van der Waals surface area contributed by atoms with Gasteiger partial charge in [0.1, 0.15) is 11.4 Å². The van der Waals surface area contributed by atoms with Crippen molar-refractivity contribution in [1.29, 1.82) is 0 Å². The minimum absolute atomic E-state index is 0.0982. The van der Waals surface area contributed by atoms with Crippen LogP contribution in [0.4, 0.5) is 9.18 Å². The largest absolute Gasteiger partial charge is 0.444 e. The van der Waals surface area contributed by atoms with Gasteiger partial charge in [0, 0.05) is 37.8 Å². The SMILES string of the molecule is CN(C(=O)OC(C)(C)C)[C@@H]1CCN(C2CCc3cccc(F)c32)C1. The van der Waals surface area contributed by atoms with Gasteiger partial charge in [-0.05, 0) is 51.7 Å². The van der Waals surface area contributed by atoms with E-state index in [9.17, 15) is 9.18 Å². The lowest BCUT2D eigenvalue weighted by atomic mass is 10.1. The predicted molar refractivity (Wildman–Crippen MR) is 91.4 cm³/mol. The smallest absolute Gasteiger partial charge is 0.410 e. The fraction of sp³-hybridized carbons (Fsp3) is 0.632. The number of fused-ring (bicyclic) bond motifs is 1. The Hall–Kier alpha value is -1.62. The van der Waals surface area contributed by atoms with Gasteiger partial charge in [-0.25, -0.2) is 9.18 Å². The van der Waals surface area contributed by atoms with Crippen LogP contribution >= 0.6 is 0 Å². The zero-order chi connectivity index (χ0) is 17.5. The van der Waals surface area contributed by atoms with Gasteiger partial charge in [-0.3, -0.25) is 4.90 Å². The Morgan fingerprint density at radius 1 is 1.33 bits per heavy atom. The number of aryl methyl sites for hydroxylation is 1. The molecule has 1 saturated heterocycles. The number of hydrogen-bond acceptors (Lipinski definition) is 3. The van der Waals surface area contributed by atoms with Crippen LogP contribution in [0.3, 0.4) is 0 Å². The summed E-state index contributed by atoms with van der Waals surface area (Å²) in [5.41, 5.74) is 1.50. The molecular formula is C19H27FN2O2. The van der Waals surface area contributed by atoms with Gasteiger partial charge in [0.15, 0.2) is 0 Å². The minimum atomic E-state index is -0.489. The second kappa shape index (κ2) is 6.36. The summed E-state index contributed by atoms with van der Waals surface area (Å²) in [5.74, 6) is -0.0982. The van der Waals surface area contributed by atoms with Crippen LogP contribution in [0.2, 0.25) is 0 Å². The molecule has 1 unspecified atom stereocenters. The molecule has 4 nitrogen and oxygen atoms in total. The average Bonchev–Trinajstić information content (AvgIpc) is 3.11. The Balaban J connectivity index is 1.66. The van der Waals surface area contributed by atoms with Gasteiger partial charge in [-0.1, -0.05) is 12.1 Å². The maximum Gasteiger partial charge on any atom is 0.410 e. The monoisotopic (exact) mass is 334 g/mol. The van der Waals surface area contributed by atoms with Crippen molar-refractivity contribution < 1.29 is 13.9 Å². The van der Waals surface area contributed by atoms with Crippen LogP contribution in [-0.4, -0.2) is 47.7 Å². The van der Waals surface area contributed by atoms with Crippen molar-refractivity contribution in [2.45, 2.75) is 57.7 Å². The Morgan fingerprint density at radius 3 is 2.79 bits per heavy atom. The standard InChI is InChI=1S/C19H27FN2O2/c1-19(2,3)24-18(23)21(4)14-10-11-22(12-14)16-9-8-13-6-5-7-15(20)17(13)16/h5-7,14,16H,8-12H2,1-4H3/t14-,16?/m1/s1. The second-order valence-corrected chi connectivity index (χ2v) is 7.90. The van der Waals surface area contributed by atoms with Crippen molar-refractivity contribution in [2.75, 3.05) is 20.1 Å². The van der Waals surface area contributed by atoms with Gasteiger partial charge >= 0.3 is 6.09 Å². The number of hydrogen-bond donors (Lipinski definition) is 0. The van der Waals surface area contributed by atoms with Gasteiger partial charge in [0.2, 0.25) is 0 Å². The summed E-state index contributed by atoms with van der Waals surface area (Å²) >= 11 is 0. The third kappa shape index (κ3) is 3.41. The fourth-order valence-electron chi connectivity index (χ4n) is 3.82. The number of rotatable bonds is 2. The third-order valence-electron chi connectivity index (χ3n) is 5.03. The Morgan fingerprint density at radius 2 is 2.08 bits per heavy atom. The highest BCUT2D eigenvalue weighted by atomic mass is 19.1. The topological polar surface area (TPSA) is 32.8 Å². The summed E-state index contributed by atoms with van der Waals surface area (Å²) in [7, 11) is 1.80. The molecule has 1 aliphatic heterocycles. The molecule has 5 heteroatoms. The first-order chi connectivity index (χ1) is 11.3. The highest BCUT2D eigenvalue weighted by molar-refractivity contribution is 5.68. The number of halogens is 1. The van der Waals surface area contributed by atoms with E-state index in [-0.39, 0.29) is 24.0 Å². The first-order valence-corrected chi connectivity index (χ1v) is 8.73. The normalized spacial score (nSPS) is 24.0. The molecule has 3 rings (SSSR count). The summed E-state index contributed by atoms with van der Waals surface area (Å²) in [6.45, 7) is 7.28. The molecule has 1 heterocycles. The fourth-order valence-corrected chi connectivity index (χ4v) is 3.82. The van der Waals surface area contributed by atoms with E-state index in [0.717, 1.165) is 43.5 Å². The molecule has 132 valence electrons. The number of amides is 1. The van der Waals surface area contributed by atoms with Crippen molar-refractivity contribution >= 4 is 6.09 Å². The van der Waals surface area contributed by atoms with Crippen molar-refractivity contribution in [3.63, 3.8) is 0 Å². The second-order valence-electron chi connectivity index (χ2n) is 7.90. The molecule has 1 aromatic carbocycles. The van der Waals surface area contributed by atoms with Gasteiger partial charge in [0.05, 0.1) is 0 Å². The lowest BCUT2D eigenvalue weighted by Gasteiger charge is -2.30. The molecule has 1 aliphatic carbocycles. The van der Waals surface area contributed by atoms with Crippen LogP contribution in [0.5, 0.6) is 0 Å². The molecule has 1 aromatic rings. The number of carbonyl (C=O) groups is 1. The first-order valence-electron chi connectivity index (χ1n) is 8.73. The van der Waals surface area contributed by atoms with E-state index in [2.05, 4.69) is 4.90 Å². The van der Waals surface area contributed by atoms with Crippen LogP contribution in [0.25, 0.3) is 0 Å². The van der Waals surface area contributed by atoms with Crippen molar-refractivity contribution in [2.24, 2.45) is 0 Å². The number of nitrogens with zero attached hydrogens (tertiary/aromatic N) is 2. The van der Waals surface area contributed by atoms with E-state index >= 15 is 0 Å². The number of benzene rings is 1. The Bertz CT molecular complexity index is 626. The van der Waals surface area contributed by atoms with Crippen molar-refractivity contribution in [1.82, 2.24) is 9.80 Å². The zero-order valence-corrected chi connectivity index (χ0v) is 15.0. The molecule has 24 heavy (non-hydrogen) atoms. The van der Waals surface area contributed by atoms with Crippen LogP contribution in [0.1, 0.15) is 50.8 Å². The summed E-state index contributed by atoms with van der Waals surface area (Å²) < 4.78 is 19.7. The molecule has 0 bridgehead atoms. The van der Waals surface area contributed by atoms with Crippen molar-refractivity contribution in [3.8, 4) is 0 Å². The van der Waals surface area contributed by atoms with Gasteiger partial charge in [-0.15, -0.1) is 0 Å². The van der Waals surface area contributed by atoms with Crippen LogP contribution in [0.15, 0.2) is 18.2 Å². The van der Waals surface area contributed by atoms with Gasteiger partial charge in [-0.2, -0.15) is 0 Å². The Labute approximate surface area is 143 Å². The molecule has 1 amide bonds. The first kappa shape index (κ1) is 17.2. The van der Waals surface area contributed by atoms with Gasteiger partial charge < -0.3 is 9.64 Å². The van der Waals surface area contributed by atoms with E-state index < -0.39 is 5.60 Å². The average molecular weight is 334 g/mol. The van der Waals surface area contributed by atoms with Crippen LogP contribution in [-0.2, 0) is 11.2 Å². The van der Waals surface area contributed by atoms with E-state index in [1.165, 1.54) is 0 Å². The third-order valence-corrected chi connectivity index (χ3v) is 5.03. The molecule has 0 spiro atoms. The number of carbonyl (C=O) groups excluding carboxylic acids is 1. The lowest BCUT2D eigenvalue weighted by molar-refractivity contribution is 0.0224. The Kier molecular flexibility index (Phi) is 4.56. The number of ether oxygens (including phenoxy) is 1. The molecule has 0 radical (unpaired) electrons. The minimum Gasteiger partial charge on any atom is -0.444 e. The van der Waals surface area contributed by atoms with E-state index in [1.807, 2.05) is 26.8 Å². The predicted octanol–water partition coefficient (Wildman–Crippen LogP) is 3.75. The summed E-state index contributed by atoms with van der Waals surface area (Å²) in [5, 5.41) is 0. The van der Waals surface area contributed by atoms with Crippen molar-refractivity contribution in [3.05, 3.63) is 35.1 Å².